The number of carbonyl (C=O) groups excluding carboxylic acids is 1. The molecule has 0 aliphatic rings. The average molecular weight is 345 g/mol. The number of ether oxygens (including phenoxy) is 1. The van der Waals surface area contributed by atoms with Gasteiger partial charge in [-0.05, 0) is 30.0 Å². The SMILES string of the molecule is COc1ccccc1CC(CNC(=O)c1occc1C(C)C)C(=O)O. The minimum absolute atomic E-state index is 0.00442. The summed E-state index contributed by atoms with van der Waals surface area (Å²) in [6.45, 7) is 3.93. The number of carbonyl (C=O) groups is 2. The van der Waals surface area contributed by atoms with Crippen LogP contribution in [0.15, 0.2) is 41.0 Å². The molecule has 0 radical (unpaired) electrons. The van der Waals surface area contributed by atoms with E-state index in [2.05, 4.69) is 5.32 Å². The van der Waals surface area contributed by atoms with Crippen molar-refractivity contribution < 1.29 is 23.8 Å². The topological polar surface area (TPSA) is 88.8 Å². The van der Waals surface area contributed by atoms with Crippen LogP contribution < -0.4 is 10.1 Å². The predicted molar refractivity (Wildman–Crippen MR) is 93.0 cm³/mol. The molecule has 0 saturated carbocycles. The van der Waals surface area contributed by atoms with Crippen molar-refractivity contribution in [3.63, 3.8) is 0 Å². The molecule has 0 bridgehead atoms. The normalized spacial score (nSPS) is 12.0. The molecule has 25 heavy (non-hydrogen) atoms. The third kappa shape index (κ3) is 4.62. The molecule has 1 aromatic carbocycles. The highest BCUT2D eigenvalue weighted by molar-refractivity contribution is 5.93. The zero-order chi connectivity index (χ0) is 18.4. The molecule has 1 unspecified atom stereocenters. The number of carboxylic acid groups (broad SMARTS) is 1. The largest absolute Gasteiger partial charge is 0.496 e. The van der Waals surface area contributed by atoms with E-state index in [4.69, 9.17) is 9.15 Å². The third-order valence-corrected chi connectivity index (χ3v) is 4.04. The maximum Gasteiger partial charge on any atom is 0.308 e. The number of furan rings is 1. The second-order valence-electron chi connectivity index (χ2n) is 6.12. The molecule has 0 saturated heterocycles. The lowest BCUT2D eigenvalue weighted by molar-refractivity contribution is -0.141. The fourth-order valence-electron chi connectivity index (χ4n) is 2.64. The average Bonchev–Trinajstić information content (AvgIpc) is 3.08. The number of hydrogen-bond acceptors (Lipinski definition) is 4. The molecule has 2 N–H and O–H groups in total. The van der Waals surface area contributed by atoms with Gasteiger partial charge in [-0.1, -0.05) is 32.0 Å². The van der Waals surface area contributed by atoms with Crippen molar-refractivity contribution in [1.29, 1.82) is 0 Å². The molecule has 1 heterocycles. The van der Waals surface area contributed by atoms with Gasteiger partial charge in [0.25, 0.3) is 5.91 Å². The van der Waals surface area contributed by atoms with E-state index >= 15 is 0 Å². The molecule has 1 atom stereocenters. The first-order chi connectivity index (χ1) is 11.9. The van der Waals surface area contributed by atoms with E-state index < -0.39 is 17.8 Å². The Kier molecular flexibility index (Phi) is 6.22. The summed E-state index contributed by atoms with van der Waals surface area (Å²) in [4.78, 5) is 23.9. The van der Waals surface area contributed by atoms with Crippen molar-refractivity contribution in [2.75, 3.05) is 13.7 Å². The van der Waals surface area contributed by atoms with E-state index in [9.17, 15) is 14.7 Å². The summed E-state index contributed by atoms with van der Waals surface area (Å²) >= 11 is 0. The van der Waals surface area contributed by atoms with Gasteiger partial charge in [0, 0.05) is 12.1 Å². The first-order valence-corrected chi connectivity index (χ1v) is 8.14. The van der Waals surface area contributed by atoms with Crippen LogP contribution in [-0.4, -0.2) is 30.6 Å². The molecule has 0 spiro atoms. The van der Waals surface area contributed by atoms with Gasteiger partial charge in [-0.15, -0.1) is 0 Å². The Bertz CT molecular complexity index is 735. The fourth-order valence-corrected chi connectivity index (χ4v) is 2.64. The quantitative estimate of drug-likeness (QED) is 0.767. The van der Waals surface area contributed by atoms with Crippen LogP contribution in [0.1, 0.15) is 41.4 Å². The number of nitrogens with one attached hydrogen (secondary N) is 1. The Labute approximate surface area is 146 Å². The second-order valence-corrected chi connectivity index (χ2v) is 6.12. The number of benzene rings is 1. The molecule has 1 aromatic heterocycles. The van der Waals surface area contributed by atoms with Crippen LogP contribution in [0.25, 0.3) is 0 Å². The van der Waals surface area contributed by atoms with E-state index in [1.807, 2.05) is 32.0 Å². The monoisotopic (exact) mass is 345 g/mol. The van der Waals surface area contributed by atoms with E-state index in [0.717, 1.165) is 11.1 Å². The summed E-state index contributed by atoms with van der Waals surface area (Å²) in [5.41, 5.74) is 1.58. The van der Waals surface area contributed by atoms with Crippen molar-refractivity contribution in [3.05, 3.63) is 53.5 Å². The fraction of sp³-hybridized carbons (Fsp3) is 0.368. The lowest BCUT2D eigenvalue weighted by Gasteiger charge is -2.15. The van der Waals surface area contributed by atoms with Gasteiger partial charge in [0.1, 0.15) is 5.75 Å². The van der Waals surface area contributed by atoms with Gasteiger partial charge in [-0.2, -0.15) is 0 Å². The molecular formula is C19H23NO5. The van der Waals surface area contributed by atoms with Gasteiger partial charge in [0.05, 0.1) is 19.3 Å². The summed E-state index contributed by atoms with van der Waals surface area (Å²) in [5.74, 6) is -1.14. The van der Waals surface area contributed by atoms with Crippen molar-refractivity contribution in [1.82, 2.24) is 5.32 Å². The molecule has 134 valence electrons. The molecule has 0 aliphatic carbocycles. The number of rotatable bonds is 8. The molecule has 2 aromatic rings. The number of para-hydroxylation sites is 1. The Morgan fingerprint density at radius 2 is 1.96 bits per heavy atom. The number of amides is 1. The zero-order valence-electron chi connectivity index (χ0n) is 14.6. The second kappa shape index (κ2) is 8.37. The van der Waals surface area contributed by atoms with Gasteiger partial charge >= 0.3 is 5.97 Å². The third-order valence-electron chi connectivity index (χ3n) is 4.04. The van der Waals surface area contributed by atoms with Crippen molar-refractivity contribution >= 4 is 11.9 Å². The lowest BCUT2D eigenvalue weighted by Crippen LogP contribution is -2.34. The van der Waals surface area contributed by atoms with E-state index in [-0.39, 0.29) is 24.6 Å². The van der Waals surface area contributed by atoms with Gasteiger partial charge in [0.2, 0.25) is 0 Å². The summed E-state index contributed by atoms with van der Waals surface area (Å²) in [5, 5.41) is 12.1. The summed E-state index contributed by atoms with van der Waals surface area (Å²) in [7, 11) is 1.54. The molecule has 0 fully saturated rings. The van der Waals surface area contributed by atoms with E-state index in [1.54, 1.807) is 19.2 Å². The number of hydrogen-bond donors (Lipinski definition) is 2. The molecule has 2 rings (SSSR count). The Morgan fingerprint density at radius 1 is 1.24 bits per heavy atom. The maximum absolute atomic E-state index is 12.3. The van der Waals surface area contributed by atoms with Gasteiger partial charge in [-0.25, -0.2) is 0 Å². The highest BCUT2D eigenvalue weighted by atomic mass is 16.5. The minimum Gasteiger partial charge on any atom is -0.496 e. The van der Waals surface area contributed by atoms with E-state index in [0.29, 0.717) is 5.75 Å². The molecule has 6 heteroatoms. The first kappa shape index (κ1) is 18.6. The van der Waals surface area contributed by atoms with Gasteiger partial charge < -0.3 is 19.6 Å². The van der Waals surface area contributed by atoms with Gasteiger partial charge in [0.15, 0.2) is 5.76 Å². The van der Waals surface area contributed by atoms with Crippen molar-refractivity contribution in [2.24, 2.45) is 5.92 Å². The number of methoxy groups -OCH3 is 1. The summed E-state index contributed by atoms with van der Waals surface area (Å²) in [6, 6.07) is 9.00. The van der Waals surface area contributed by atoms with E-state index in [1.165, 1.54) is 6.26 Å². The van der Waals surface area contributed by atoms with Crippen molar-refractivity contribution in [3.8, 4) is 5.75 Å². The Morgan fingerprint density at radius 3 is 2.60 bits per heavy atom. The van der Waals surface area contributed by atoms with Crippen LogP contribution in [0, 0.1) is 5.92 Å². The Hall–Kier alpha value is -2.76. The Balaban J connectivity index is 2.06. The molecule has 1 amide bonds. The molecule has 6 nitrogen and oxygen atoms in total. The zero-order valence-corrected chi connectivity index (χ0v) is 14.6. The number of aliphatic carboxylic acids is 1. The van der Waals surface area contributed by atoms with Crippen molar-refractivity contribution in [2.45, 2.75) is 26.2 Å². The highest BCUT2D eigenvalue weighted by Gasteiger charge is 2.23. The standard InChI is InChI=1S/C19H23NO5/c1-12(2)15-8-9-25-17(15)18(21)20-11-14(19(22)23)10-13-6-4-5-7-16(13)24-3/h4-9,12,14H,10-11H2,1-3H3,(H,20,21)(H,22,23). The predicted octanol–water partition coefficient (Wildman–Crippen LogP) is 3.08. The van der Waals surface area contributed by atoms with Crippen LogP contribution in [0.4, 0.5) is 0 Å². The van der Waals surface area contributed by atoms with Gasteiger partial charge in [-0.3, -0.25) is 9.59 Å². The maximum atomic E-state index is 12.3. The summed E-state index contributed by atoms with van der Waals surface area (Å²) in [6.07, 6.45) is 1.72. The van der Waals surface area contributed by atoms with Crippen LogP contribution in [0.2, 0.25) is 0 Å². The molecule has 0 aliphatic heterocycles. The smallest absolute Gasteiger partial charge is 0.308 e. The lowest BCUT2D eigenvalue weighted by atomic mass is 9.98. The molecular weight excluding hydrogens is 322 g/mol. The summed E-state index contributed by atoms with van der Waals surface area (Å²) < 4.78 is 10.5. The highest BCUT2D eigenvalue weighted by Crippen LogP contribution is 2.22. The number of carboxylic acids is 1. The minimum atomic E-state index is -0.977. The van der Waals surface area contributed by atoms with Crippen LogP contribution in [-0.2, 0) is 11.2 Å². The first-order valence-electron chi connectivity index (χ1n) is 8.14. The van der Waals surface area contributed by atoms with Crippen LogP contribution in [0.5, 0.6) is 5.75 Å². The van der Waals surface area contributed by atoms with Crippen LogP contribution in [0.3, 0.4) is 0 Å². The van der Waals surface area contributed by atoms with Crippen LogP contribution >= 0.6 is 0 Å².